The van der Waals surface area contributed by atoms with E-state index in [1.54, 1.807) is 0 Å². The highest BCUT2D eigenvalue weighted by Crippen LogP contribution is 2.22. The summed E-state index contributed by atoms with van der Waals surface area (Å²) in [6.45, 7) is 1.81. The van der Waals surface area contributed by atoms with E-state index in [0.717, 1.165) is 32.4 Å². The molecule has 1 amide bonds. The number of hydrogen-bond donors (Lipinski definition) is 1. The molecule has 1 aliphatic heterocycles. The number of carbonyl (C=O) groups is 1. The predicted octanol–water partition coefficient (Wildman–Crippen LogP) is 2.25. The van der Waals surface area contributed by atoms with Gasteiger partial charge in [-0.25, -0.2) is 5.01 Å². The number of hydrogen-bond acceptors (Lipinski definition) is 2. The molecule has 2 aliphatic rings. The van der Waals surface area contributed by atoms with E-state index in [2.05, 4.69) is 17.6 Å². The summed E-state index contributed by atoms with van der Waals surface area (Å²) in [5.74, 6) is 0.505. The van der Waals surface area contributed by atoms with Crippen molar-refractivity contribution in [2.75, 3.05) is 13.1 Å². The molecule has 0 radical (unpaired) electrons. The second-order valence-corrected chi connectivity index (χ2v) is 4.87. The molecule has 16 heavy (non-hydrogen) atoms. The first-order chi connectivity index (χ1) is 7.86. The van der Waals surface area contributed by atoms with Gasteiger partial charge in [0.2, 0.25) is 5.91 Å². The van der Waals surface area contributed by atoms with Crippen LogP contribution >= 0.6 is 0 Å². The van der Waals surface area contributed by atoms with Gasteiger partial charge in [0, 0.05) is 19.0 Å². The minimum absolute atomic E-state index is 0.247. The maximum Gasteiger partial charge on any atom is 0.237 e. The lowest BCUT2D eigenvalue weighted by Crippen LogP contribution is -2.46. The molecule has 1 saturated carbocycles. The van der Waals surface area contributed by atoms with Crippen molar-refractivity contribution in [1.29, 1.82) is 0 Å². The van der Waals surface area contributed by atoms with Gasteiger partial charge in [-0.2, -0.15) is 0 Å². The third kappa shape index (κ3) is 3.34. The zero-order chi connectivity index (χ0) is 11.2. The van der Waals surface area contributed by atoms with Gasteiger partial charge in [-0.05, 0) is 19.3 Å². The van der Waals surface area contributed by atoms with Crippen LogP contribution in [0.25, 0.3) is 0 Å². The third-order valence-corrected chi connectivity index (χ3v) is 3.55. The average Bonchev–Trinajstić information content (AvgIpc) is 2.59. The van der Waals surface area contributed by atoms with E-state index in [0.29, 0.717) is 0 Å². The summed E-state index contributed by atoms with van der Waals surface area (Å²) in [4.78, 5) is 12.0. The Balaban J connectivity index is 1.79. The molecule has 3 nitrogen and oxygen atoms in total. The van der Waals surface area contributed by atoms with Crippen LogP contribution in [0.5, 0.6) is 0 Å². The molecular formula is C13H22N2O. The summed E-state index contributed by atoms with van der Waals surface area (Å²) in [5, 5.41) is 2.03. The van der Waals surface area contributed by atoms with Crippen LogP contribution in [-0.4, -0.2) is 24.0 Å². The summed E-state index contributed by atoms with van der Waals surface area (Å²) in [5.41, 5.74) is 3.06. The van der Waals surface area contributed by atoms with E-state index in [1.807, 2.05) is 5.01 Å². The molecule has 0 unspecified atom stereocenters. The molecule has 0 aromatic rings. The molecule has 0 atom stereocenters. The first-order valence-corrected chi connectivity index (χ1v) is 6.57. The highest BCUT2D eigenvalue weighted by Gasteiger charge is 2.21. The molecule has 0 saturated heterocycles. The fourth-order valence-corrected chi connectivity index (χ4v) is 2.53. The second kappa shape index (κ2) is 6.04. The van der Waals surface area contributed by atoms with E-state index in [1.165, 1.54) is 25.7 Å². The smallest absolute Gasteiger partial charge is 0.237 e. The number of hydrazine groups is 1. The fourth-order valence-electron chi connectivity index (χ4n) is 2.53. The molecule has 90 valence electrons. The minimum Gasteiger partial charge on any atom is -0.288 e. The average molecular weight is 222 g/mol. The van der Waals surface area contributed by atoms with Gasteiger partial charge in [0.05, 0.1) is 0 Å². The van der Waals surface area contributed by atoms with Crippen LogP contribution in [-0.2, 0) is 4.79 Å². The van der Waals surface area contributed by atoms with Crippen LogP contribution in [0.4, 0.5) is 0 Å². The Kier molecular flexibility index (Phi) is 4.40. The Hall–Kier alpha value is -0.830. The normalized spacial score (nSPS) is 24.0. The minimum atomic E-state index is 0.247. The molecule has 0 aromatic heterocycles. The molecule has 1 fully saturated rings. The van der Waals surface area contributed by atoms with Crippen molar-refractivity contribution in [3.8, 4) is 0 Å². The van der Waals surface area contributed by atoms with Crippen molar-refractivity contribution in [2.24, 2.45) is 5.92 Å². The highest BCUT2D eigenvalue weighted by atomic mass is 16.2. The van der Waals surface area contributed by atoms with Crippen molar-refractivity contribution in [1.82, 2.24) is 10.4 Å². The van der Waals surface area contributed by atoms with Crippen molar-refractivity contribution < 1.29 is 4.79 Å². The van der Waals surface area contributed by atoms with E-state index in [9.17, 15) is 4.79 Å². The van der Waals surface area contributed by atoms with E-state index >= 15 is 0 Å². The van der Waals surface area contributed by atoms with E-state index in [-0.39, 0.29) is 11.8 Å². The van der Waals surface area contributed by atoms with Gasteiger partial charge in [-0.15, -0.1) is 0 Å². The number of rotatable bonds is 2. The quantitative estimate of drug-likeness (QED) is 0.574. The zero-order valence-electron chi connectivity index (χ0n) is 9.95. The topological polar surface area (TPSA) is 32.3 Å². The van der Waals surface area contributed by atoms with Crippen LogP contribution in [0.15, 0.2) is 12.2 Å². The van der Waals surface area contributed by atoms with Crippen molar-refractivity contribution >= 4 is 5.91 Å². The van der Waals surface area contributed by atoms with Gasteiger partial charge in [0.25, 0.3) is 0 Å². The first-order valence-electron chi connectivity index (χ1n) is 6.57. The molecule has 0 spiro atoms. The molecule has 0 bridgehead atoms. The Morgan fingerprint density at radius 2 is 1.88 bits per heavy atom. The van der Waals surface area contributed by atoms with Crippen LogP contribution in [0.3, 0.4) is 0 Å². The van der Waals surface area contributed by atoms with Crippen molar-refractivity contribution in [2.45, 2.75) is 44.9 Å². The van der Waals surface area contributed by atoms with Crippen LogP contribution in [0.2, 0.25) is 0 Å². The zero-order valence-corrected chi connectivity index (χ0v) is 9.95. The lowest BCUT2D eigenvalue weighted by atomic mass is 10.00. The van der Waals surface area contributed by atoms with Crippen molar-refractivity contribution in [3.05, 3.63) is 12.2 Å². The van der Waals surface area contributed by atoms with Gasteiger partial charge in [0.1, 0.15) is 0 Å². The van der Waals surface area contributed by atoms with Gasteiger partial charge < -0.3 is 0 Å². The van der Waals surface area contributed by atoms with Crippen LogP contribution in [0.1, 0.15) is 44.9 Å². The summed E-state index contributed by atoms with van der Waals surface area (Å²) in [6, 6.07) is 0. The summed E-state index contributed by atoms with van der Waals surface area (Å²) < 4.78 is 0. The Bertz CT molecular complexity index is 255. The Morgan fingerprint density at radius 3 is 2.50 bits per heavy atom. The highest BCUT2D eigenvalue weighted by molar-refractivity contribution is 5.78. The Morgan fingerprint density at radius 1 is 1.12 bits per heavy atom. The molecule has 1 heterocycles. The summed E-state index contributed by atoms with van der Waals surface area (Å²) >= 11 is 0. The van der Waals surface area contributed by atoms with Gasteiger partial charge >= 0.3 is 0 Å². The summed E-state index contributed by atoms with van der Waals surface area (Å²) in [7, 11) is 0. The largest absolute Gasteiger partial charge is 0.288 e. The number of nitrogens with one attached hydrogen (secondary N) is 1. The maximum atomic E-state index is 12.0. The Labute approximate surface area is 97.9 Å². The van der Waals surface area contributed by atoms with Gasteiger partial charge in [-0.3, -0.25) is 10.2 Å². The van der Waals surface area contributed by atoms with E-state index < -0.39 is 0 Å². The number of amides is 1. The molecular weight excluding hydrogens is 200 g/mol. The molecule has 0 aromatic carbocycles. The molecule has 3 heteroatoms. The molecule has 1 aliphatic carbocycles. The molecule has 1 N–H and O–H groups in total. The van der Waals surface area contributed by atoms with Crippen LogP contribution in [0, 0.1) is 5.92 Å². The SMILES string of the molecule is O=C(NN1CC=CCC1)C1CCCCCC1. The number of carbonyl (C=O) groups excluding carboxylic acids is 1. The van der Waals surface area contributed by atoms with Gasteiger partial charge in [-0.1, -0.05) is 37.8 Å². The van der Waals surface area contributed by atoms with Crippen molar-refractivity contribution in [3.63, 3.8) is 0 Å². The lowest BCUT2D eigenvalue weighted by Gasteiger charge is -2.26. The predicted molar refractivity (Wildman–Crippen MR) is 64.7 cm³/mol. The third-order valence-electron chi connectivity index (χ3n) is 3.55. The molecule has 2 rings (SSSR count). The lowest BCUT2D eigenvalue weighted by molar-refractivity contribution is -0.130. The number of nitrogens with zero attached hydrogens (tertiary/aromatic N) is 1. The monoisotopic (exact) mass is 222 g/mol. The van der Waals surface area contributed by atoms with Gasteiger partial charge in [0.15, 0.2) is 0 Å². The van der Waals surface area contributed by atoms with E-state index in [4.69, 9.17) is 0 Å². The maximum absolute atomic E-state index is 12.0. The standard InChI is InChI=1S/C13H22N2O/c16-13(12-8-4-1-2-5-9-12)14-15-10-6-3-7-11-15/h3,6,12H,1-2,4-5,7-11H2,(H,14,16). The summed E-state index contributed by atoms with van der Waals surface area (Å²) in [6.07, 6.45) is 12.5. The first kappa shape index (κ1) is 11.6. The fraction of sp³-hybridized carbons (Fsp3) is 0.769. The second-order valence-electron chi connectivity index (χ2n) is 4.87. The van der Waals surface area contributed by atoms with Crippen LogP contribution < -0.4 is 5.43 Å².